The van der Waals surface area contributed by atoms with Crippen LogP contribution in [0, 0.1) is 0 Å². The predicted molar refractivity (Wildman–Crippen MR) is 45.7 cm³/mol. The number of aromatic nitrogens is 1. The Bertz CT molecular complexity index is 320. The molecule has 0 aliphatic carbocycles. The molecule has 0 aliphatic rings. The van der Waals surface area contributed by atoms with Gasteiger partial charge in [-0.1, -0.05) is 12.1 Å². The van der Waals surface area contributed by atoms with E-state index in [2.05, 4.69) is 15.0 Å². The molecule has 0 unspecified atom stereocenters. The van der Waals surface area contributed by atoms with Crippen LogP contribution in [0.3, 0.4) is 0 Å². The van der Waals surface area contributed by atoms with Gasteiger partial charge in [-0.2, -0.15) is 0 Å². The lowest BCUT2D eigenvalue weighted by atomic mass is 10.2. The Morgan fingerprint density at radius 3 is 2.86 bits per heavy atom. The lowest BCUT2D eigenvalue weighted by molar-refractivity contribution is -0.139. The molecular weight excluding hydrogens is 188 g/mol. The van der Waals surface area contributed by atoms with Crippen LogP contribution in [0.4, 0.5) is 0 Å². The first-order valence-corrected chi connectivity index (χ1v) is 4.09. The average Bonchev–Trinajstić information content (AvgIpc) is 2.65. The number of carbonyl (C=O) groups is 2. The number of carboxylic acids is 1. The summed E-state index contributed by atoms with van der Waals surface area (Å²) in [7, 11) is 0. The van der Waals surface area contributed by atoms with Gasteiger partial charge in [0, 0.05) is 6.07 Å². The van der Waals surface area contributed by atoms with Crippen LogP contribution in [0.1, 0.15) is 23.9 Å². The van der Waals surface area contributed by atoms with Gasteiger partial charge >= 0.3 is 5.97 Å². The minimum atomic E-state index is -1.07. The highest BCUT2D eigenvalue weighted by Gasteiger charge is 2.19. The van der Waals surface area contributed by atoms with Crippen molar-refractivity contribution < 1.29 is 19.2 Å². The summed E-state index contributed by atoms with van der Waals surface area (Å²) < 4.78 is 4.57. The molecule has 6 nitrogen and oxygen atoms in total. The van der Waals surface area contributed by atoms with Crippen LogP contribution in [0.5, 0.6) is 0 Å². The largest absolute Gasteiger partial charge is 0.480 e. The summed E-state index contributed by atoms with van der Waals surface area (Å²) in [5.41, 5.74) is 0. The fourth-order valence-corrected chi connectivity index (χ4v) is 0.901. The van der Waals surface area contributed by atoms with Gasteiger partial charge in [-0.25, -0.2) is 4.79 Å². The predicted octanol–water partition coefficient (Wildman–Crippen LogP) is 0.268. The van der Waals surface area contributed by atoms with Crippen LogP contribution in [-0.4, -0.2) is 28.2 Å². The van der Waals surface area contributed by atoms with Crippen molar-refractivity contribution in [1.82, 2.24) is 10.5 Å². The second-order valence-electron chi connectivity index (χ2n) is 2.65. The Labute approximate surface area is 79.9 Å². The molecule has 0 saturated carbocycles. The zero-order valence-electron chi connectivity index (χ0n) is 7.56. The minimum Gasteiger partial charge on any atom is -0.480 e. The summed E-state index contributed by atoms with van der Waals surface area (Å²) in [6.07, 6.45) is 1.63. The second kappa shape index (κ2) is 4.40. The van der Waals surface area contributed by atoms with Crippen molar-refractivity contribution in [2.75, 3.05) is 0 Å². The quantitative estimate of drug-likeness (QED) is 0.724. The summed E-state index contributed by atoms with van der Waals surface area (Å²) in [6, 6.07) is 0.469. The Hall–Kier alpha value is -1.85. The third kappa shape index (κ3) is 2.32. The molecule has 1 rings (SSSR count). The molecule has 0 bridgehead atoms. The van der Waals surface area contributed by atoms with E-state index in [-0.39, 0.29) is 5.76 Å². The van der Waals surface area contributed by atoms with Gasteiger partial charge in [-0.15, -0.1) is 0 Å². The number of amides is 1. The van der Waals surface area contributed by atoms with Gasteiger partial charge in [-0.05, 0) is 6.42 Å². The zero-order chi connectivity index (χ0) is 10.6. The van der Waals surface area contributed by atoms with Crippen LogP contribution in [-0.2, 0) is 4.79 Å². The third-order valence-electron chi connectivity index (χ3n) is 1.67. The summed E-state index contributed by atoms with van der Waals surface area (Å²) in [5.74, 6) is -1.64. The maximum Gasteiger partial charge on any atom is 0.326 e. The molecule has 2 N–H and O–H groups in total. The van der Waals surface area contributed by atoms with E-state index in [1.54, 1.807) is 6.92 Å². The smallest absolute Gasteiger partial charge is 0.326 e. The number of carboxylic acid groups (broad SMARTS) is 1. The number of carbonyl (C=O) groups excluding carboxylic acids is 1. The number of hydrogen-bond donors (Lipinski definition) is 2. The molecule has 0 saturated heterocycles. The monoisotopic (exact) mass is 198 g/mol. The van der Waals surface area contributed by atoms with Crippen LogP contribution in [0.2, 0.25) is 0 Å². The lowest BCUT2D eigenvalue weighted by Crippen LogP contribution is -2.40. The van der Waals surface area contributed by atoms with Crippen molar-refractivity contribution in [3.05, 3.63) is 18.0 Å². The molecule has 14 heavy (non-hydrogen) atoms. The fraction of sp³-hybridized carbons (Fsp3) is 0.375. The highest BCUT2D eigenvalue weighted by Crippen LogP contribution is 1.98. The lowest BCUT2D eigenvalue weighted by Gasteiger charge is -2.09. The molecule has 76 valence electrons. The zero-order valence-corrected chi connectivity index (χ0v) is 7.56. The maximum atomic E-state index is 11.3. The van der Waals surface area contributed by atoms with E-state index >= 15 is 0 Å². The van der Waals surface area contributed by atoms with Gasteiger partial charge in [0.2, 0.25) is 5.76 Å². The van der Waals surface area contributed by atoms with Gasteiger partial charge in [0.15, 0.2) is 0 Å². The first kappa shape index (κ1) is 10.2. The number of aliphatic carboxylic acids is 1. The van der Waals surface area contributed by atoms with Crippen molar-refractivity contribution >= 4 is 11.9 Å². The van der Waals surface area contributed by atoms with Gasteiger partial charge in [0.05, 0.1) is 6.20 Å². The molecule has 0 spiro atoms. The van der Waals surface area contributed by atoms with Crippen molar-refractivity contribution in [3.8, 4) is 0 Å². The van der Waals surface area contributed by atoms with E-state index in [0.717, 1.165) is 0 Å². The first-order chi connectivity index (χ1) is 6.65. The third-order valence-corrected chi connectivity index (χ3v) is 1.67. The minimum absolute atomic E-state index is 0.00435. The summed E-state index contributed by atoms with van der Waals surface area (Å²) >= 11 is 0. The Morgan fingerprint density at radius 2 is 2.43 bits per heavy atom. The highest BCUT2D eigenvalue weighted by molar-refractivity contribution is 5.94. The number of nitrogens with zero attached hydrogens (tertiary/aromatic N) is 1. The van der Waals surface area contributed by atoms with Crippen molar-refractivity contribution in [2.45, 2.75) is 19.4 Å². The van der Waals surface area contributed by atoms with Crippen molar-refractivity contribution in [2.24, 2.45) is 0 Å². The molecule has 1 aromatic heterocycles. The van der Waals surface area contributed by atoms with Crippen molar-refractivity contribution in [3.63, 3.8) is 0 Å². The van der Waals surface area contributed by atoms with E-state index < -0.39 is 17.9 Å². The molecule has 0 radical (unpaired) electrons. The fourth-order valence-electron chi connectivity index (χ4n) is 0.901. The van der Waals surface area contributed by atoms with E-state index in [1.807, 2.05) is 0 Å². The van der Waals surface area contributed by atoms with Crippen LogP contribution >= 0.6 is 0 Å². The Kier molecular flexibility index (Phi) is 3.22. The summed E-state index contributed by atoms with van der Waals surface area (Å²) in [4.78, 5) is 21.8. The highest BCUT2D eigenvalue weighted by atomic mass is 16.5. The van der Waals surface area contributed by atoms with E-state index in [0.29, 0.717) is 6.42 Å². The molecule has 1 amide bonds. The molecule has 0 fully saturated rings. The normalized spacial score (nSPS) is 12.1. The topological polar surface area (TPSA) is 92.4 Å². The average molecular weight is 198 g/mol. The SMILES string of the molecule is CC[C@H](NC(=O)c1ccno1)C(=O)O. The Morgan fingerprint density at radius 1 is 1.71 bits per heavy atom. The first-order valence-electron chi connectivity index (χ1n) is 4.09. The van der Waals surface area contributed by atoms with Gasteiger partial charge < -0.3 is 14.9 Å². The van der Waals surface area contributed by atoms with Gasteiger partial charge in [-0.3, -0.25) is 4.79 Å². The molecular formula is C8H10N2O4. The van der Waals surface area contributed by atoms with Gasteiger partial charge in [0.25, 0.3) is 5.91 Å². The van der Waals surface area contributed by atoms with Crippen LogP contribution in [0.25, 0.3) is 0 Å². The number of hydrogen-bond acceptors (Lipinski definition) is 4. The maximum absolute atomic E-state index is 11.3. The molecule has 0 aromatic carbocycles. The standard InChI is InChI=1S/C8H10N2O4/c1-2-5(8(12)13)10-7(11)6-3-4-9-14-6/h3-5H,2H2,1H3,(H,10,11)(H,12,13)/t5-/m0/s1. The molecule has 6 heteroatoms. The summed E-state index contributed by atoms with van der Waals surface area (Å²) in [5, 5.41) is 14.3. The van der Waals surface area contributed by atoms with Crippen LogP contribution < -0.4 is 5.32 Å². The van der Waals surface area contributed by atoms with E-state index in [1.165, 1.54) is 12.3 Å². The number of nitrogens with one attached hydrogen (secondary N) is 1. The van der Waals surface area contributed by atoms with Gasteiger partial charge in [0.1, 0.15) is 6.04 Å². The molecule has 1 heterocycles. The second-order valence-corrected chi connectivity index (χ2v) is 2.65. The van der Waals surface area contributed by atoms with Crippen molar-refractivity contribution in [1.29, 1.82) is 0 Å². The summed E-state index contributed by atoms with van der Waals surface area (Å²) in [6.45, 7) is 1.67. The molecule has 1 atom stereocenters. The number of rotatable bonds is 4. The molecule has 0 aliphatic heterocycles. The Balaban J connectivity index is 2.60. The van der Waals surface area contributed by atoms with E-state index in [4.69, 9.17) is 5.11 Å². The molecule has 1 aromatic rings. The van der Waals surface area contributed by atoms with E-state index in [9.17, 15) is 9.59 Å². The van der Waals surface area contributed by atoms with Crippen LogP contribution in [0.15, 0.2) is 16.8 Å².